The number of rotatable bonds is 9. The van der Waals surface area contributed by atoms with Crippen LogP contribution in [0.1, 0.15) is 44.1 Å². The van der Waals surface area contributed by atoms with Crippen molar-refractivity contribution in [2.75, 3.05) is 25.0 Å². The van der Waals surface area contributed by atoms with Crippen LogP contribution in [0.2, 0.25) is 0 Å². The van der Waals surface area contributed by atoms with Gasteiger partial charge in [-0.15, -0.1) is 0 Å². The highest BCUT2D eigenvalue weighted by Crippen LogP contribution is 2.04. The van der Waals surface area contributed by atoms with Crippen LogP contribution in [0.4, 0.5) is 5.82 Å². The first-order chi connectivity index (χ1) is 9.63. The van der Waals surface area contributed by atoms with Crippen molar-refractivity contribution in [3.05, 3.63) is 23.9 Å². The van der Waals surface area contributed by atoms with Crippen LogP contribution in [0.3, 0.4) is 0 Å². The summed E-state index contributed by atoms with van der Waals surface area (Å²) in [4.78, 5) is 16.2. The summed E-state index contributed by atoms with van der Waals surface area (Å²) in [5.41, 5.74) is 0.446. The molecule has 20 heavy (non-hydrogen) atoms. The van der Waals surface area contributed by atoms with Crippen LogP contribution in [0.5, 0.6) is 0 Å². The monoisotopic (exact) mass is 279 g/mol. The second kappa shape index (κ2) is 9.31. The third-order valence-corrected chi connectivity index (χ3v) is 2.65. The molecular weight excluding hydrogens is 254 g/mol. The molecule has 0 aliphatic rings. The van der Waals surface area contributed by atoms with E-state index in [0.717, 1.165) is 31.8 Å². The van der Waals surface area contributed by atoms with Gasteiger partial charge in [0, 0.05) is 19.7 Å². The molecule has 0 unspecified atom stereocenters. The summed E-state index contributed by atoms with van der Waals surface area (Å²) in [5, 5.41) is 5.96. The predicted molar refractivity (Wildman–Crippen MR) is 81.1 cm³/mol. The number of aromatic nitrogens is 1. The summed E-state index contributed by atoms with van der Waals surface area (Å²) in [6.45, 7) is 8.20. The largest absolute Gasteiger partial charge is 0.379 e. The standard InChI is InChI=1S/C15H25N3O2/c1-4-16-14-9-7-8-13(18-14)15(19)17-10-5-6-11-20-12(2)3/h7-9,12H,4-6,10-11H2,1-3H3,(H,16,18)(H,17,19). The lowest BCUT2D eigenvalue weighted by Gasteiger charge is -2.08. The van der Waals surface area contributed by atoms with Crippen molar-refractivity contribution < 1.29 is 9.53 Å². The minimum absolute atomic E-state index is 0.130. The van der Waals surface area contributed by atoms with Gasteiger partial charge in [0.15, 0.2) is 0 Å². The number of ether oxygens (including phenoxy) is 1. The van der Waals surface area contributed by atoms with E-state index in [1.54, 1.807) is 6.07 Å². The Morgan fingerprint density at radius 3 is 2.85 bits per heavy atom. The number of nitrogens with zero attached hydrogens (tertiary/aromatic N) is 1. The van der Waals surface area contributed by atoms with Gasteiger partial charge in [-0.2, -0.15) is 0 Å². The van der Waals surface area contributed by atoms with Gasteiger partial charge < -0.3 is 15.4 Å². The van der Waals surface area contributed by atoms with Crippen LogP contribution in [-0.4, -0.2) is 36.7 Å². The lowest BCUT2D eigenvalue weighted by molar-refractivity contribution is 0.0754. The molecule has 0 aromatic carbocycles. The highest BCUT2D eigenvalue weighted by atomic mass is 16.5. The first-order valence-corrected chi connectivity index (χ1v) is 7.24. The first-order valence-electron chi connectivity index (χ1n) is 7.24. The van der Waals surface area contributed by atoms with Gasteiger partial charge in [0.25, 0.3) is 5.91 Å². The molecule has 1 aromatic rings. The van der Waals surface area contributed by atoms with Crippen molar-refractivity contribution >= 4 is 11.7 Å². The summed E-state index contributed by atoms with van der Waals surface area (Å²) < 4.78 is 5.44. The number of unbranched alkanes of at least 4 members (excludes halogenated alkanes) is 1. The molecule has 0 fully saturated rings. The normalized spacial score (nSPS) is 10.6. The van der Waals surface area contributed by atoms with Crippen LogP contribution >= 0.6 is 0 Å². The van der Waals surface area contributed by atoms with E-state index in [-0.39, 0.29) is 12.0 Å². The minimum Gasteiger partial charge on any atom is -0.379 e. The summed E-state index contributed by atoms with van der Waals surface area (Å²) >= 11 is 0. The van der Waals surface area contributed by atoms with Crippen LogP contribution in [0, 0.1) is 0 Å². The number of carbonyl (C=O) groups is 1. The smallest absolute Gasteiger partial charge is 0.269 e. The van der Waals surface area contributed by atoms with E-state index >= 15 is 0 Å². The fraction of sp³-hybridized carbons (Fsp3) is 0.600. The lowest BCUT2D eigenvalue weighted by Crippen LogP contribution is -2.25. The van der Waals surface area contributed by atoms with Crippen molar-refractivity contribution in [2.24, 2.45) is 0 Å². The molecule has 0 aliphatic carbocycles. The molecule has 1 rings (SSSR count). The van der Waals surface area contributed by atoms with Crippen LogP contribution < -0.4 is 10.6 Å². The van der Waals surface area contributed by atoms with E-state index in [4.69, 9.17) is 4.74 Å². The number of hydrogen-bond acceptors (Lipinski definition) is 4. The van der Waals surface area contributed by atoms with Gasteiger partial charge in [0.05, 0.1) is 6.10 Å². The minimum atomic E-state index is -0.130. The van der Waals surface area contributed by atoms with E-state index in [2.05, 4.69) is 15.6 Å². The van der Waals surface area contributed by atoms with Crippen molar-refractivity contribution in [1.29, 1.82) is 0 Å². The molecular formula is C15H25N3O2. The quantitative estimate of drug-likeness (QED) is 0.682. The third kappa shape index (κ3) is 6.52. The topological polar surface area (TPSA) is 63.2 Å². The fourth-order valence-electron chi connectivity index (χ4n) is 1.68. The van der Waals surface area contributed by atoms with Gasteiger partial charge in [0.1, 0.15) is 11.5 Å². The van der Waals surface area contributed by atoms with Crippen molar-refractivity contribution in [2.45, 2.75) is 39.7 Å². The van der Waals surface area contributed by atoms with Crippen LogP contribution in [0.15, 0.2) is 18.2 Å². The molecule has 2 N–H and O–H groups in total. The molecule has 0 aliphatic heterocycles. The second-order valence-electron chi connectivity index (χ2n) is 4.82. The van der Waals surface area contributed by atoms with Gasteiger partial charge in [-0.25, -0.2) is 4.98 Å². The molecule has 0 spiro atoms. The van der Waals surface area contributed by atoms with Gasteiger partial charge in [-0.1, -0.05) is 6.07 Å². The summed E-state index contributed by atoms with van der Waals surface area (Å²) in [5.74, 6) is 0.597. The van der Waals surface area contributed by atoms with E-state index < -0.39 is 0 Å². The molecule has 5 nitrogen and oxygen atoms in total. The maximum atomic E-state index is 11.9. The van der Waals surface area contributed by atoms with Crippen LogP contribution in [-0.2, 0) is 4.74 Å². The average molecular weight is 279 g/mol. The summed E-state index contributed by atoms with van der Waals surface area (Å²) in [7, 11) is 0. The van der Waals surface area contributed by atoms with E-state index in [1.807, 2.05) is 32.9 Å². The zero-order valence-electron chi connectivity index (χ0n) is 12.6. The molecule has 1 aromatic heterocycles. The Kier molecular flexibility index (Phi) is 7.65. The van der Waals surface area contributed by atoms with Crippen LogP contribution in [0.25, 0.3) is 0 Å². The van der Waals surface area contributed by atoms with Crippen molar-refractivity contribution in [3.8, 4) is 0 Å². The fourth-order valence-corrected chi connectivity index (χ4v) is 1.68. The maximum Gasteiger partial charge on any atom is 0.269 e. The molecule has 5 heteroatoms. The second-order valence-corrected chi connectivity index (χ2v) is 4.82. The molecule has 112 valence electrons. The van der Waals surface area contributed by atoms with E-state index in [1.165, 1.54) is 0 Å². The highest BCUT2D eigenvalue weighted by molar-refractivity contribution is 5.92. The van der Waals surface area contributed by atoms with Gasteiger partial charge in [-0.3, -0.25) is 4.79 Å². The Morgan fingerprint density at radius 1 is 1.35 bits per heavy atom. The number of hydrogen-bond donors (Lipinski definition) is 2. The third-order valence-electron chi connectivity index (χ3n) is 2.65. The van der Waals surface area contributed by atoms with Crippen molar-refractivity contribution in [1.82, 2.24) is 10.3 Å². The highest BCUT2D eigenvalue weighted by Gasteiger charge is 2.06. The van der Waals surface area contributed by atoms with Gasteiger partial charge in [0.2, 0.25) is 0 Å². The summed E-state index contributed by atoms with van der Waals surface area (Å²) in [6.07, 6.45) is 2.12. The molecule has 0 radical (unpaired) electrons. The van der Waals surface area contributed by atoms with E-state index in [9.17, 15) is 4.79 Å². The lowest BCUT2D eigenvalue weighted by atomic mass is 10.3. The molecule has 1 heterocycles. The average Bonchev–Trinajstić information content (AvgIpc) is 2.43. The number of carbonyl (C=O) groups excluding carboxylic acids is 1. The molecule has 0 saturated heterocycles. The molecule has 0 atom stereocenters. The zero-order chi connectivity index (χ0) is 14.8. The number of nitrogens with one attached hydrogen (secondary N) is 2. The van der Waals surface area contributed by atoms with Crippen molar-refractivity contribution in [3.63, 3.8) is 0 Å². The first kappa shape index (κ1) is 16.4. The SMILES string of the molecule is CCNc1cccc(C(=O)NCCCCOC(C)C)n1. The maximum absolute atomic E-state index is 11.9. The predicted octanol–water partition coefficient (Wildman–Crippen LogP) is 2.45. The number of anilines is 1. The zero-order valence-corrected chi connectivity index (χ0v) is 12.6. The Bertz CT molecular complexity index is 408. The molecule has 0 saturated carbocycles. The number of pyridine rings is 1. The van der Waals surface area contributed by atoms with E-state index in [0.29, 0.717) is 12.2 Å². The summed E-state index contributed by atoms with van der Waals surface area (Å²) in [6, 6.07) is 5.40. The van der Waals surface area contributed by atoms with Gasteiger partial charge >= 0.3 is 0 Å². The number of amides is 1. The Hall–Kier alpha value is -1.62. The molecule has 0 bridgehead atoms. The Labute approximate surface area is 121 Å². The Morgan fingerprint density at radius 2 is 2.15 bits per heavy atom. The Balaban J connectivity index is 2.27. The molecule has 1 amide bonds. The van der Waals surface area contributed by atoms with Gasteiger partial charge in [-0.05, 0) is 45.7 Å².